The standard InChI is InChI=1S/C21H36BOP/c1-8-15(5)11-10-12-19(14(3)4)21(23)24(22)20-13-16(6)18(9-2)17(20)7/h10-12,14-18,20H,8-9,13H2,1-7H3/b11-10-,19-12+. The molecule has 6 unspecified atom stereocenters. The topological polar surface area (TPSA) is 17.1 Å². The molecule has 0 saturated heterocycles. The fourth-order valence-electron chi connectivity index (χ4n) is 4.01. The molecule has 0 aliphatic heterocycles. The maximum Gasteiger partial charge on any atom is 0.170 e. The first kappa shape index (κ1) is 21.7. The van der Waals surface area contributed by atoms with Crippen molar-refractivity contribution in [1.82, 2.24) is 0 Å². The highest BCUT2D eigenvalue weighted by atomic mass is 31.1. The number of hydrogen-bond acceptors (Lipinski definition) is 1. The Balaban J connectivity index is 2.91. The molecule has 24 heavy (non-hydrogen) atoms. The van der Waals surface area contributed by atoms with Crippen molar-refractivity contribution >= 4 is 20.9 Å². The van der Waals surface area contributed by atoms with Gasteiger partial charge in [0.25, 0.3) is 0 Å². The lowest BCUT2D eigenvalue weighted by Crippen LogP contribution is -2.20. The third-order valence-corrected chi connectivity index (χ3v) is 8.04. The first-order valence-corrected chi connectivity index (χ1v) is 11.2. The van der Waals surface area contributed by atoms with E-state index in [2.05, 4.69) is 60.6 Å². The van der Waals surface area contributed by atoms with Crippen LogP contribution in [0.4, 0.5) is 0 Å². The van der Waals surface area contributed by atoms with Gasteiger partial charge in [0.05, 0.1) is 0 Å². The van der Waals surface area contributed by atoms with Gasteiger partial charge in [0.1, 0.15) is 7.57 Å². The summed E-state index contributed by atoms with van der Waals surface area (Å²) in [6, 6.07) is 0. The zero-order chi connectivity index (χ0) is 18.4. The second-order valence-corrected chi connectivity index (χ2v) is 9.86. The summed E-state index contributed by atoms with van der Waals surface area (Å²) >= 11 is 0. The second kappa shape index (κ2) is 9.96. The van der Waals surface area contributed by atoms with E-state index in [1.165, 1.54) is 6.42 Å². The summed E-state index contributed by atoms with van der Waals surface area (Å²) < 4.78 is 0. The van der Waals surface area contributed by atoms with E-state index in [-0.39, 0.29) is 11.4 Å². The van der Waals surface area contributed by atoms with E-state index in [1.54, 1.807) is 0 Å². The molecule has 0 heterocycles. The molecule has 0 N–H and O–H groups in total. The number of hydrogen-bond donors (Lipinski definition) is 0. The molecule has 0 amide bonds. The maximum atomic E-state index is 13.1. The maximum absolute atomic E-state index is 13.1. The van der Waals surface area contributed by atoms with Gasteiger partial charge in [-0.15, -0.1) is 0 Å². The molecule has 134 valence electrons. The average Bonchev–Trinajstić information content (AvgIpc) is 2.83. The van der Waals surface area contributed by atoms with Crippen LogP contribution in [0, 0.1) is 29.6 Å². The summed E-state index contributed by atoms with van der Waals surface area (Å²) in [5.41, 5.74) is 1.51. The Morgan fingerprint density at radius 1 is 1.25 bits per heavy atom. The van der Waals surface area contributed by atoms with Crippen molar-refractivity contribution < 1.29 is 4.79 Å². The molecular weight excluding hydrogens is 310 g/mol. The molecule has 0 aromatic carbocycles. The Morgan fingerprint density at radius 2 is 1.88 bits per heavy atom. The van der Waals surface area contributed by atoms with Gasteiger partial charge < -0.3 is 0 Å². The molecule has 0 aromatic rings. The fraction of sp³-hybridized carbons (Fsp3) is 0.762. The van der Waals surface area contributed by atoms with Gasteiger partial charge in [-0.25, -0.2) is 0 Å². The summed E-state index contributed by atoms with van der Waals surface area (Å²) in [7, 11) is 5.45. The predicted molar refractivity (Wildman–Crippen MR) is 110 cm³/mol. The van der Waals surface area contributed by atoms with Crippen molar-refractivity contribution in [2.75, 3.05) is 0 Å². The van der Waals surface area contributed by atoms with E-state index in [0.29, 0.717) is 29.3 Å². The third kappa shape index (κ3) is 5.32. The van der Waals surface area contributed by atoms with Crippen LogP contribution in [0.15, 0.2) is 23.8 Å². The van der Waals surface area contributed by atoms with Gasteiger partial charge in [0.2, 0.25) is 0 Å². The van der Waals surface area contributed by atoms with Crippen LogP contribution >= 0.6 is 7.80 Å². The van der Waals surface area contributed by atoms with Crippen LogP contribution in [0.25, 0.3) is 0 Å². The highest BCUT2D eigenvalue weighted by molar-refractivity contribution is 7.96. The van der Waals surface area contributed by atoms with Gasteiger partial charge in [-0.05, 0) is 41.7 Å². The summed E-state index contributed by atoms with van der Waals surface area (Å²) in [5, 5.41) is 0. The summed E-state index contributed by atoms with van der Waals surface area (Å²) in [4.78, 5) is 13.1. The van der Waals surface area contributed by atoms with Crippen molar-refractivity contribution in [3.8, 4) is 0 Å². The lowest BCUT2D eigenvalue weighted by molar-refractivity contribution is -0.108. The van der Waals surface area contributed by atoms with Crippen LogP contribution in [0.5, 0.6) is 0 Å². The van der Waals surface area contributed by atoms with Gasteiger partial charge in [-0.1, -0.05) is 87.3 Å². The van der Waals surface area contributed by atoms with Crippen LogP contribution < -0.4 is 0 Å². The van der Waals surface area contributed by atoms with E-state index in [0.717, 1.165) is 18.4 Å². The van der Waals surface area contributed by atoms with Crippen molar-refractivity contribution in [3.63, 3.8) is 0 Å². The fourth-order valence-corrected chi connectivity index (χ4v) is 6.23. The van der Waals surface area contributed by atoms with Crippen LogP contribution in [0.1, 0.15) is 67.7 Å². The van der Waals surface area contributed by atoms with Gasteiger partial charge >= 0.3 is 0 Å². The summed E-state index contributed by atoms with van der Waals surface area (Å²) in [6.45, 7) is 15.5. The molecule has 1 nitrogen and oxygen atoms in total. The summed E-state index contributed by atoms with van der Waals surface area (Å²) in [6.07, 6.45) is 9.68. The number of carbonyl (C=O) groups excluding carboxylic acids is 1. The van der Waals surface area contributed by atoms with E-state index in [9.17, 15) is 4.79 Å². The van der Waals surface area contributed by atoms with E-state index < -0.39 is 7.80 Å². The first-order chi connectivity index (χ1) is 11.2. The Bertz CT molecular complexity index is 468. The first-order valence-electron chi connectivity index (χ1n) is 9.71. The molecule has 3 heteroatoms. The lowest BCUT2D eigenvalue weighted by Gasteiger charge is -2.27. The molecular formula is C21H36BOP. The van der Waals surface area contributed by atoms with Crippen LogP contribution in [0.3, 0.4) is 0 Å². The van der Waals surface area contributed by atoms with Crippen LogP contribution in [0.2, 0.25) is 0 Å². The van der Waals surface area contributed by atoms with Gasteiger partial charge in [-0.2, -0.15) is 0 Å². The number of carbonyl (C=O) groups is 1. The Morgan fingerprint density at radius 3 is 2.33 bits per heavy atom. The molecule has 6 atom stereocenters. The van der Waals surface area contributed by atoms with Crippen LogP contribution in [-0.4, -0.2) is 18.7 Å². The highest BCUT2D eigenvalue weighted by Gasteiger charge is 2.41. The Kier molecular flexibility index (Phi) is 9.00. The Labute approximate surface area is 152 Å². The molecule has 2 radical (unpaired) electrons. The van der Waals surface area contributed by atoms with Gasteiger partial charge in [-0.3, -0.25) is 4.79 Å². The van der Waals surface area contributed by atoms with E-state index in [1.807, 2.05) is 6.08 Å². The monoisotopic (exact) mass is 346 g/mol. The van der Waals surface area contributed by atoms with Crippen molar-refractivity contribution in [2.45, 2.75) is 73.4 Å². The SMILES string of the molecule is [B]P(C(=O)/C(=C/C=C\C(C)CC)C(C)C)C1CC(C)C(CC)C1C. The minimum absolute atomic E-state index is 0.217. The quantitative estimate of drug-likeness (QED) is 0.217. The molecule has 0 spiro atoms. The minimum Gasteiger partial charge on any atom is -0.290 e. The van der Waals surface area contributed by atoms with Gasteiger partial charge in [0.15, 0.2) is 5.52 Å². The zero-order valence-electron chi connectivity index (χ0n) is 16.8. The van der Waals surface area contributed by atoms with Crippen LogP contribution in [-0.2, 0) is 4.79 Å². The average molecular weight is 346 g/mol. The molecule has 1 fully saturated rings. The smallest absolute Gasteiger partial charge is 0.170 e. The molecule has 1 rings (SSSR count). The zero-order valence-corrected chi connectivity index (χ0v) is 17.6. The van der Waals surface area contributed by atoms with Crippen molar-refractivity contribution in [1.29, 1.82) is 0 Å². The van der Waals surface area contributed by atoms with Crippen molar-refractivity contribution in [2.24, 2.45) is 29.6 Å². The molecule has 1 saturated carbocycles. The van der Waals surface area contributed by atoms with E-state index >= 15 is 0 Å². The minimum atomic E-state index is -1.09. The van der Waals surface area contributed by atoms with Crippen molar-refractivity contribution in [3.05, 3.63) is 23.8 Å². The second-order valence-electron chi connectivity index (χ2n) is 7.97. The normalized spacial score (nSPS) is 30.9. The third-order valence-electron chi connectivity index (χ3n) is 5.92. The highest BCUT2D eigenvalue weighted by Crippen LogP contribution is 2.54. The largest absolute Gasteiger partial charge is 0.290 e. The predicted octanol–water partition coefficient (Wildman–Crippen LogP) is 6.33. The lowest BCUT2D eigenvalue weighted by atomic mass is 9.89. The Hall–Kier alpha value is -0.355. The molecule has 1 aliphatic rings. The van der Waals surface area contributed by atoms with E-state index in [4.69, 9.17) is 7.57 Å². The summed E-state index contributed by atoms with van der Waals surface area (Å²) in [5.74, 6) is 2.74. The molecule has 1 aliphatic carbocycles. The molecule has 0 bridgehead atoms. The molecule has 0 aromatic heterocycles. The number of rotatable bonds is 8. The van der Waals surface area contributed by atoms with Gasteiger partial charge in [0, 0.05) is 5.57 Å². The number of allylic oxidation sites excluding steroid dienone is 4.